The molecule has 0 radical (unpaired) electrons. The zero-order valence-electron chi connectivity index (χ0n) is 18.1. The number of nitrogens with zero attached hydrogens (tertiary/aromatic N) is 3. The molecule has 0 aliphatic carbocycles. The Bertz CT molecular complexity index is 1240. The van der Waals surface area contributed by atoms with Crippen molar-refractivity contribution in [2.24, 2.45) is 0 Å². The highest BCUT2D eigenvalue weighted by molar-refractivity contribution is 7.99. The highest BCUT2D eigenvalue weighted by Gasteiger charge is 2.31. The van der Waals surface area contributed by atoms with Crippen LogP contribution in [0.15, 0.2) is 54.2 Å². The van der Waals surface area contributed by atoms with Gasteiger partial charge in [-0.05, 0) is 37.3 Å². The van der Waals surface area contributed by atoms with Crippen molar-refractivity contribution in [1.82, 2.24) is 14.8 Å². The standard InChI is InChI=1S/C22H18Cl3F3N4O2S/c1-3-8-32-20(12(2)34-18-10-14(23)5-7-16(18)25)30-31-21(32)35-11-19(33)29-17-9-13(22(26,27)28)4-6-15(17)24/h3-7,9-10,12H,1,8,11H2,2H3,(H,29,33). The van der Waals surface area contributed by atoms with Crippen LogP contribution in [0, 0.1) is 0 Å². The van der Waals surface area contributed by atoms with Gasteiger partial charge in [0.1, 0.15) is 5.75 Å². The first-order valence-electron chi connectivity index (χ1n) is 9.94. The molecule has 3 aromatic rings. The summed E-state index contributed by atoms with van der Waals surface area (Å²) in [5.41, 5.74) is -1.06. The van der Waals surface area contributed by atoms with Gasteiger partial charge in [0.15, 0.2) is 17.1 Å². The van der Waals surface area contributed by atoms with Gasteiger partial charge in [0.2, 0.25) is 5.91 Å². The number of benzene rings is 2. The Hall–Kier alpha value is -2.40. The molecule has 13 heteroatoms. The van der Waals surface area contributed by atoms with Crippen molar-refractivity contribution in [3.8, 4) is 5.75 Å². The van der Waals surface area contributed by atoms with E-state index < -0.39 is 23.8 Å². The Morgan fingerprint density at radius 2 is 1.91 bits per heavy atom. The largest absolute Gasteiger partial charge is 0.481 e. The summed E-state index contributed by atoms with van der Waals surface area (Å²) >= 11 is 19.2. The summed E-state index contributed by atoms with van der Waals surface area (Å²) in [6.45, 7) is 5.79. The lowest BCUT2D eigenvalue weighted by atomic mass is 10.2. The van der Waals surface area contributed by atoms with Crippen LogP contribution in [0.3, 0.4) is 0 Å². The summed E-state index contributed by atoms with van der Waals surface area (Å²) in [6.07, 6.45) is -3.52. The number of nitrogens with one attached hydrogen (secondary N) is 1. The van der Waals surface area contributed by atoms with Gasteiger partial charge in [-0.1, -0.05) is 52.6 Å². The van der Waals surface area contributed by atoms with Crippen LogP contribution in [0.5, 0.6) is 5.75 Å². The number of carbonyl (C=O) groups excluding carboxylic acids is 1. The fraction of sp³-hybridized carbons (Fsp3) is 0.227. The minimum absolute atomic E-state index is 0.0147. The number of rotatable bonds is 9. The molecule has 0 bridgehead atoms. The van der Waals surface area contributed by atoms with E-state index >= 15 is 0 Å². The normalized spacial score (nSPS) is 12.3. The molecular weight excluding hydrogens is 548 g/mol. The third kappa shape index (κ3) is 7.07. The molecule has 3 rings (SSSR count). The number of carbonyl (C=O) groups is 1. The van der Waals surface area contributed by atoms with Crippen LogP contribution in [0.4, 0.5) is 18.9 Å². The van der Waals surface area contributed by atoms with Crippen molar-refractivity contribution in [2.75, 3.05) is 11.1 Å². The van der Waals surface area contributed by atoms with Gasteiger partial charge in [-0.15, -0.1) is 16.8 Å². The molecule has 0 fully saturated rings. The Labute approximate surface area is 218 Å². The molecular formula is C22H18Cl3F3N4O2S. The number of allylic oxidation sites excluding steroid dienone is 1. The van der Waals surface area contributed by atoms with Crippen LogP contribution < -0.4 is 10.1 Å². The smallest absolute Gasteiger partial charge is 0.416 e. The first kappa shape index (κ1) is 27.2. The number of halogens is 6. The minimum Gasteiger partial charge on any atom is -0.481 e. The number of alkyl halides is 3. The molecule has 6 nitrogen and oxygen atoms in total. The molecule has 0 aliphatic rings. The van der Waals surface area contributed by atoms with Gasteiger partial charge in [0.05, 0.1) is 27.0 Å². The number of hydrogen-bond donors (Lipinski definition) is 1. The number of amides is 1. The van der Waals surface area contributed by atoms with Gasteiger partial charge in [-0.25, -0.2) is 0 Å². The first-order valence-corrected chi connectivity index (χ1v) is 12.1. The summed E-state index contributed by atoms with van der Waals surface area (Å²) in [5.74, 6) is 0.0917. The average Bonchev–Trinajstić information content (AvgIpc) is 3.18. The van der Waals surface area contributed by atoms with Crippen molar-refractivity contribution >= 4 is 58.2 Å². The summed E-state index contributed by atoms with van der Waals surface area (Å²) in [4.78, 5) is 12.4. The van der Waals surface area contributed by atoms with Crippen molar-refractivity contribution in [3.05, 3.63) is 75.5 Å². The number of aromatic nitrogens is 3. The van der Waals surface area contributed by atoms with Crippen molar-refractivity contribution in [2.45, 2.75) is 30.9 Å². The molecule has 1 atom stereocenters. The monoisotopic (exact) mass is 564 g/mol. The maximum absolute atomic E-state index is 13.0. The van der Waals surface area contributed by atoms with Crippen molar-refractivity contribution in [3.63, 3.8) is 0 Å². The Morgan fingerprint density at radius 3 is 2.60 bits per heavy atom. The van der Waals surface area contributed by atoms with Gasteiger partial charge in [-0.3, -0.25) is 9.36 Å². The van der Waals surface area contributed by atoms with E-state index in [2.05, 4.69) is 22.1 Å². The molecule has 1 aromatic heterocycles. The summed E-state index contributed by atoms with van der Waals surface area (Å²) < 4.78 is 46.5. The molecule has 0 saturated carbocycles. The van der Waals surface area contributed by atoms with E-state index in [1.807, 2.05) is 0 Å². The third-order valence-electron chi connectivity index (χ3n) is 4.52. The molecule has 0 saturated heterocycles. The molecule has 186 valence electrons. The Kier molecular flexibility index (Phi) is 8.98. The minimum atomic E-state index is -4.57. The lowest BCUT2D eigenvalue weighted by Gasteiger charge is -2.16. The lowest BCUT2D eigenvalue weighted by Crippen LogP contribution is -2.16. The van der Waals surface area contributed by atoms with Crippen molar-refractivity contribution in [1.29, 1.82) is 0 Å². The van der Waals surface area contributed by atoms with Crippen LogP contribution in [0.25, 0.3) is 0 Å². The molecule has 2 aromatic carbocycles. The van der Waals surface area contributed by atoms with E-state index in [1.54, 1.807) is 35.8 Å². The Morgan fingerprint density at radius 1 is 1.20 bits per heavy atom. The molecule has 1 unspecified atom stereocenters. The SMILES string of the molecule is C=CCn1c(SCC(=O)Nc2cc(C(F)(F)F)ccc2Cl)nnc1C(C)Oc1cc(Cl)ccc1Cl. The predicted molar refractivity (Wildman–Crippen MR) is 132 cm³/mol. The summed E-state index contributed by atoms with van der Waals surface area (Å²) in [5, 5.41) is 11.9. The number of anilines is 1. The van der Waals surface area contributed by atoms with Crippen LogP contribution in [-0.4, -0.2) is 26.4 Å². The van der Waals surface area contributed by atoms with Gasteiger partial charge >= 0.3 is 6.18 Å². The fourth-order valence-corrected chi connectivity index (χ4v) is 4.18. The number of thioether (sulfide) groups is 1. The zero-order chi connectivity index (χ0) is 25.8. The molecule has 35 heavy (non-hydrogen) atoms. The van der Waals surface area contributed by atoms with Gasteiger partial charge in [0, 0.05) is 17.6 Å². The molecule has 1 amide bonds. The van der Waals surface area contributed by atoms with Crippen LogP contribution in [-0.2, 0) is 17.5 Å². The fourth-order valence-electron chi connectivity index (χ4n) is 2.93. The van der Waals surface area contributed by atoms with Crippen LogP contribution in [0.1, 0.15) is 24.4 Å². The second kappa shape index (κ2) is 11.6. The van der Waals surface area contributed by atoms with Crippen molar-refractivity contribution < 1.29 is 22.7 Å². The maximum Gasteiger partial charge on any atom is 0.416 e. The Balaban J connectivity index is 1.71. The predicted octanol–water partition coefficient (Wildman–Crippen LogP) is 7.31. The third-order valence-corrected chi connectivity index (χ3v) is 6.36. The van der Waals surface area contributed by atoms with Gasteiger partial charge < -0.3 is 10.1 Å². The van der Waals surface area contributed by atoms with Crippen LogP contribution in [0.2, 0.25) is 15.1 Å². The number of hydrogen-bond acceptors (Lipinski definition) is 5. The van der Waals surface area contributed by atoms with E-state index in [0.29, 0.717) is 33.3 Å². The molecule has 1 N–H and O–H groups in total. The van der Waals surface area contributed by atoms with E-state index in [-0.39, 0.29) is 16.5 Å². The lowest BCUT2D eigenvalue weighted by molar-refractivity contribution is -0.137. The highest BCUT2D eigenvalue weighted by atomic mass is 35.5. The van der Waals surface area contributed by atoms with E-state index in [0.717, 1.165) is 30.0 Å². The van der Waals surface area contributed by atoms with E-state index in [4.69, 9.17) is 39.5 Å². The maximum atomic E-state index is 13.0. The quantitative estimate of drug-likeness (QED) is 0.218. The summed E-state index contributed by atoms with van der Waals surface area (Å²) in [6, 6.07) is 7.52. The number of ether oxygens (including phenoxy) is 1. The van der Waals surface area contributed by atoms with E-state index in [1.165, 1.54) is 0 Å². The van der Waals surface area contributed by atoms with Gasteiger partial charge in [0.25, 0.3) is 0 Å². The second-order valence-electron chi connectivity index (χ2n) is 7.10. The first-order chi connectivity index (χ1) is 16.5. The topological polar surface area (TPSA) is 69.0 Å². The molecule has 1 heterocycles. The zero-order valence-corrected chi connectivity index (χ0v) is 21.2. The van der Waals surface area contributed by atoms with Crippen LogP contribution >= 0.6 is 46.6 Å². The highest BCUT2D eigenvalue weighted by Crippen LogP contribution is 2.34. The average molecular weight is 566 g/mol. The van der Waals surface area contributed by atoms with E-state index in [9.17, 15) is 18.0 Å². The summed E-state index contributed by atoms with van der Waals surface area (Å²) in [7, 11) is 0. The molecule has 0 aliphatic heterocycles. The molecule has 0 spiro atoms. The van der Waals surface area contributed by atoms with Gasteiger partial charge in [-0.2, -0.15) is 13.2 Å². The second-order valence-corrected chi connectivity index (χ2v) is 9.30.